The summed E-state index contributed by atoms with van der Waals surface area (Å²) >= 11 is 3.46. The Balaban J connectivity index is 1.81. The lowest BCUT2D eigenvalue weighted by Crippen LogP contribution is -2.29. The van der Waals surface area contributed by atoms with Crippen molar-refractivity contribution >= 4 is 32.9 Å². The van der Waals surface area contributed by atoms with E-state index in [9.17, 15) is 4.79 Å². The van der Waals surface area contributed by atoms with E-state index < -0.39 is 0 Å². The van der Waals surface area contributed by atoms with Crippen LogP contribution in [0.4, 0.5) is 0 Å². The molecular weight excluding hydrogens is 394 g/mol. The largest absolute Gasteiger partial charge is 0.382 e. The summed E-state index contributed by atoms with van der Waals surface area (Å²) < 4.78 is 8.27. The molecule has 0 aliphatic heterocycles. The molecule has 26 heavy (non-hydrogen) atoms. The molecule has 3 aromatic rings. The molecule has 0 radical (unpaired) electrons. The van der Waals surface area contributed by atoms with Crippen molar-refractivity contribution in [1.29, 1.82) is 0 Å². The number of ether oxygens (including phenoxy) is 1. The summed E-state index contributed by atoms with van der Waals surface area (Å²) in [5, 5.41) is 2.96. The van der Waals surface area contributed by atoms with Crippen molar-refractivity contribution in [2.24, 2.45) is 0 Å². The number of para-hydroxylation sites is 2. The van der Waals surface area contributed by atoms with E-state index >= 15 is 0 Å². The Morgan fingerprint density at radius 1 is 1.19 bits per heavy atom. The van der Waals surface area contributed by atoms with E-state index in [1.807, 2.05) is 60.0 Å². The molecule has 136 valence electrons. The average molecular weight is 416 g/mol. The third-order valence-electron chi connectivity index (χ3n) is 4.05. The number of amides is 1. The van der Waals surface area contributed by atoms with Crippen LogP contribution >= 0.6 is 15.9 Å². The molecule has 2 aromatic carbocycles. The van der Waals surface area contributed by atoms with Crippen LogP contribution in [-0.2, 0) is 16.1 Å². The lowest BCUT2D eigenvalue weighted by Gasteiger charge is -2.10. The zero-order chi connectivity index (χ0) is 18.4. The van der Waals surface area contributed by atoms with E-state index in [0.29, 0.717) is 19.8 Å². The van der Waals surface area contributed by atoms with Gasteiger partial charge in [-0.1, -0.05) is 40.2 Å². The minimum atomic E-state index is -0.0250. The first-order valence-corrected chi connectivity index (χ1v) is 9.54. The van der Waals surface area contributed by atoms with Crippen LogP contribution < -0.4 is 5.32 Å². The van der Waals surface area contributed by atoms with Crippen LogP contribution in [-0.4, -0.2) is 35.2 Å². The molecule has 0 spiro atoms. The number of nitrogens with one attached hydrogen (secondary N) is 1. The van der Waals surface area contributed by atoms with Gasteiger partial charge in [-0.3, -0.25) is 4.79 Å². The maximum atomic E-state index is 12.4. The minimum Gasteiger partial charge on any atom is -0.382 e. The van der Waals surface area contributed by atoms with Gasteiger partial charge in [0.1, 0.15) is 12.4 Å². The standard InChI is InChI=1S/C20H22BrN3O2/c1-2-26-13-5-12-22-19(25)14-24-18-7-4-3-6-17(18)23-20(24)15-8-10-16(21)11-9-15/h3-4,6-11H,2,5,12-14H2,1H3,(H,22,25). The fourth-order valence-electron chi connectivity index (χ4n) is 2.80. The van der Waals surface area contributed by atoms with Crippen LogP contribution in [0.2, 0.25) is 0 Å². The lowest BCUT2D eigenvalue weighted by molar-refractivity contribution is -0.121. The number of carbonyl (C=O) groups excluding carboxylic acids is 1. The van der Waals surface area contributed by atoms with Gasteiger partial charge >= 0.3 is 0 Å². The van der Waals surface area contributed by atoms with Gasteiger partial charge in [-0.05, 0) is 37.6 Å². The van der Waals surface area contributed by atoms with Crippen LogP contribution in [0.15, 0.2) is 53.0 Å². The van der Waals surface area contributed by atoms with Crippen molar-refractivity contribution in [1.82, 2.24) is 14.9 Å². The van der Waals surface area contributed by atoms with Crippen LogP contribution in [0, 0.1) is 0 Å². The van der Waals surface area contributed by atoms with Crippen molar-refractivity contribution in [3.05, 3.63) is 53.0 Å². The van der Waals surface area contributed by atoms with Gasteiger partial charge in [0.15, 0.2) is 0 Å². The summed E-state index contributed by atoms with van der Waals surface area (Å²) in [5.74, 6) is 0.770. The van der Waals surface area contributed by atoms with Crippen molar-refractivity contribution in [2.75, 3.05) is 19.8 Å². The maximum Gasteiger partial charge on any atom is 0.240 e. The third-order valence-corrected chi connectivity index (χ3v) is 4.58. The topological polar surface area (TPSA) is 56.1 Å². The smallest absolute Gasteiger partial charge is 0.240 e. The summed E-state index contributed by atoms with van der Waals surface area (Å²) in [5.41, 5.74) is 2.82. The highest BCUT2D eigenvalue weighted by Gasteiger charge is 2.14. The SMILES string of the molecule is CCOCCCNC(=O)Cn1c(-c2ccc(Br)cc2)nc2ccccc21. The van der Waals surface area contributed by atoms with Crippen molar-refractivity contribution in [2.45, 2.75) is 19.9 Å². The molecule has 0 atom stereocenters. The van der Waals surface area contributed by atoms with Gasteiger partial charge in [-0.2, -0.15) is 0 Å². The molecule has 0 saturated carbocycles. The molecule has 3 rings (SSSR count). The number of hydrogen-bond donors (Lipinski definition) is 1. The Hall–Kier alpha value is -2.18. The Bertz CT molecular complexity index is 874. The van der Waals surface area contributed by atoms with E-state index in [2.05, 4.69) is 21.2 Å². The summed E-state index contributed by atoms with van der Waals surface area (Å²) in [6.45, 7) is 4.17. The van der Waals surface area contributed by atoms with Gasteiger partial charge in [0.25, 0.3) is 0 Å². The molecule has 0 aliphatic carbocycles. The molecule has 0 fully saturated rings. The second-order valence-electron chi connectivity index (χ2n) is 5.92. The van der Waals surface area contributed by atoms with Gasteiger partial charge in [-0.15, -0.1) is 0 Å². The molecule has 1 amide bonds. The fraction of sp³-hybridized carbons (Fsp3) is 0.300. The maximum absolute atomic E-state index is 12.4. The fourth-order valence-corrected chi connectivity index (χ4v) is 3.07. The molecule has 0 aliphatic rings. The first-order chi connectivity index (χ1) is 12.7. The summed E-state index contributed by atoms with van der Waals surface area (Å²) in [4.78, 5) is 17.2. The van der Waals surface area contributed by atoms with Crippen LogP contribution in [0.3, 0.4) is 0 Å². The van der Waals surface area contributed by atoms with Crippen LogP contribution in [0.5, 0.6) is 0 Å². The number of hydrogen-bond acceptors (Lipinski definition) is 3. The van der Waals surface area contributed by atoms with Crippen molar-refractivity contribution in [3.63, 3.8) is 0 Å². The molecule has 1 aromatic heterocycles. The summed E-state index contributed by atoms with van der Waals surface area (Å²) in [6.07, 6.45) is 0.809. The molecule has 0 bridgehead atoms. The zero-order valence-electron chi connectivity index (χ0n) is 14.7. The number of fused-ring (bicyclic) bond motifs is 1. The first kappa shape index (κ1) is 18.6. The second kappa shape index (κ2) is 8.96. The quantitative estimate of drug-likeness (QED) is 0.565. The highest BCUT2D eigenvalue weighted by molar-refractivity contribution is 9.10. The molecule has 1 N–H and O–H groups in total. The Morgan fingerprint density at radius 3 is 2.73 bits per heavy atom. The molecule has 0 saturated heterocycles. The van der Waals surface area contributed by atoms with Crippen LogP contribution in [0.25, 0.3) is 22.4 Å². The summed E-state index contributed by atoms with van der Waals surface area (Å²) in [7, 11) is 0. The Morgan fingerprint density at radius 2 is 1.96 bits per heavy atom. The number of benzene rings is 2. The lowest BCUT2D eigenvalue weighted by atomic mass is 10.2. The number of aromatic nitrogens is 2. The average Bonchev–Trinajstić information content (AvgIpc) is 3.01. The molecular formula is C20H22BrN3O2. The predicted octanol–water partition coefficient (Wildman–Crippen LogP) is 4.01. The number of halogens is 1. The van der Waals surface area contributed by atoms with E-state index in [-0.39, 0.29) is 12.5 Å². The van der Waals surface area contributed by atoms with Gasteiger partial charge in [0, 0.05) is 29.8 Å². The minimum absolute atomic E-state index is 0.0250. The monoisotopic (exact) mass is 415 g/mol. The van der Waals surface area contributed by atoms with Gasteiger partial charge in [-0.25, -0.2) is 4.98 Å². The highest BCUT2D eigenvalue weighted by Crippen LogP contribution is 2.26. The van der Waals surface area contributed by atoms with E-state index in [0.717, 1.165) is 33.3 Å². The molecule has 0 unspecified atom stereocenters. The molecule has 6 heteroatoms. The number of rotatable bonds is 8. The number of carbonyl (C=O) groups is 1. The molecule has 1 heterocycles. The van der Waals surface area contributed by atoms with Crippen molar-refractivity contribution < 1.29 is 9.53 Å². The van der Waals surface area contributed by atoms with Crippen molar-refractivity contribution in [3.8, 4) is 11.4 Å². The van der Waals surface area contributed by atoms with Crippen LogP contribution in [0.1, 0.15) is 13.3 Å². The van der Waals surface area contributed by atoms with E-state index in [1.54, 1.807) is 0 Å². The third kappa shape index (κ3) is 4.51. The van der Waals surface area contributed by atoms with E-state index in [1.165, 1.54) is 0 Å². The Labute approximate surface area is 161 Å². The zero-order valence-corrected chi connectivity index (χ0v) is 16.3. The summed E-state index contributed by atoms with van der Waals surface area (Å²) in [6, 6.07) is 15.8. The highest BCUT2D eigenvalue weighted by atomic mass is 79.9. The van der Waals surface area contributed by atoms with Gasteiger partial charge in [0.2, 0.25) is 5.91 Å². The number of nitrogens with zero attached hydrogens (tertiary/aromatic N) is 2. The normalized spacial score (nSPS) is 11.0. The second-order valence-corrected chi connectivity index (χ2v) is 6.83. The van der Waals surface area contributed by atoms with Gasteiger partial charge < -0.3 is 14.6 Å². The number of imidazole rings is 1. The Kier molecular flexibility index (Phi) is 6.41. The first-order valence-electron chi connectivity index (χ1n) is 8.74. The van der Waals surface area contributed by atoms with Gasteiger partial charge in [0.05, 0.1) is 11.0 Å². The van der Waals surface area contributed by atoms with E-state index in [4.69, 9.17) is 9.72 Å². The molecule has 5 nitrogen and oxygen atoms in total. The predicted molar refractivity (Wildman–Crippen MR) is 107 cm³/mol.